The largest absolute Gasteiger partial charge is 0.481 e. The third-order valence-electron chi connectivity index (χ3n) is 8.46. The number of carbonyl (C=O) groups excluding carboxylic acids is 8. The van der Waals surface area contributed by atoms with Crippen molar-refractivity contribution in [3.63, 3.8) is 0 Å². The molecule has 0 unspecified atom stereocenters. The van der Waals surface area contributed by atoms with Crippen LogP contribution >= 0.6 is 0 Å². The van der Waals surface area contributed by atoms with Crippen LogP contribution in [0.25, 0.3) is 0 Å². The van der Waals surface area contributed by atoms with Gasteiger partial charge in [0.1, 0.15) is 36.3 Å². The third kappa shape index (κ3) is 25.4. The van der Waals surface area contributed by atoms with Crippen LogP contribution in [0.1, 0.15) is 91.4 Å². The Morgan fingerprint density at radius 3 is 1.15 bits per heavy atom. The lowest BCUT2D eigenvalue weighted by Gasteiger charge is -2.28. The number of primary amides is 2. The number of aliphatic imine (C=N–C) groups is 2. The molecule has 0 heterocycles. The molecule has 0 aromatic rings. The van der Waals surface area contributed by atoms with Crippen molar-refractivity contribution in [2.45, 2.75) is 128 Å². The third-order valence-corrected chi connectivity index (χ3v) is 8.46. The number of aliphatic carboxylic acids is 2. The van der Waals surface area contributed by atoms with Crippen LogP contribution in [0.4, 0.5) is 0 Å². The monoisotopic (exact) mass is 870 g/mol. The Morgan fingerprint density at radius 1 is 0.475 bits per heavy atom. The van der Waals surface area contributed by atoms with Crippen molar-refractivity contribution in [1.82, 2.24) is 31.9 Å². The number of amides is 8. The van der Waals surface area contributed by atoms with Crippen molar-refractivity contribution >= 4 is 71.1 Å². The first-order chi connectivity index (χ1) is 28.4. The molecule has 0 aliphatic carbocycles. The molecule has 344 valence electrons. The average Bonchev–Trinajstić information content (AvgIpc) is 3.14. The number of carbonyl (C=O) groups is 10. The highest BCUT2D eigenvalue weighted by Crippen LogP contribution is 2.11. The van der Waals surface area contributed by atoms with Crippen molar-refractivity contribution in [1.29, 1.82) is 0 Å². The first-order valence-electron chi connectivity index (χ1n) is 19.3. The molecule has 0 saturated carbocycles. The number of hydrogen-bond acceptors (Lipinski definition) is 12. The second-order valence-electron chi connectivity index (χ2n) is 14.4. The average molecular weight is 871 g/mol. The maximum Gasteiger partial charge on any atom is 0.303 e. The summed E-state index contributed by atoms with van der Waals surface area (Å²) in [6, 6.07) is -8.60. The van der Waals surface area contributed by atoms with E-state index in [0.717, 1.165) is 6.92 Å². The molecule has 0 bridgehead atoms. The summed E-state index contributed by atoms with van der Waals surface area (Å²) in [6.45, 7) is 4.61. The first-order valence-corrected chi connectivity index (χ1v) is 19.3. The molecule has 6 atom stereocenters. The molecule has 0 aromatic carbocycles. The van der Waals surface area contributed by atoms with E-state index >= 15 is 0 Å². The van der Waals surface area contributed by atoms with Crippen molar-refractivity contribution in [2.75, 3.05) is 13.1 Å². The van der Waals surface area contributed by atoms with Crippen LogP contribution in [0, 0.1) is 5.92 Å². The molecule has 61 heavy (non-hydrogen) atoms. The Kier molecular flexibility index (Phi) is 25.5. The Hall–Kier alpha value is -6.76. The summed E-state index contributed by atoms with van der Waals surface area (Å²) < 4.78 is 0. The summed E-state index contributed by atoms with van der Waals surface area (Å²) in [7, 11) is 0. The Morgan fingerprint density at radius 2 is 0.803 bits per heavy atom. The molecular formula is C35H62N14O12. The van der Waals surface area contributed by atoms with Crippen LogP contribution in [0.15, 0.2) is 9.98 Å². The highest BCUT2D eigenvalue weighted by molar-refractivity contribution is 5.97. The number of rotatable bonds is 31. The van der Waals surface area contributed by atoms with E-state index in [-0.39, 0.29) is 75.9 Å². The molecule has 26 nitrogen and oxygen atoms in total. The van der Waals surface area contributed by atoms with Gasteiger partial charge in [-0.25, -0.2) is 0 Å². The first kappa shape index (κ1) is 54.2. The van der Waals surface area contributed by atoms with Crippen LogP contribution in [-0.4, -0.2) is 131 Å². The van der Waals surface area contributed by atoms with Crippen molar-refractivity contribution in [2.24, 2.45) is 50.3 Å². The van der Waals surface area contributed by atoms with E-state index in [1.807, 2.05) is 0 Å². The standard InChI is InChI=1S/C35H62N14O12/c1-17(2)16-24(49-32(60)23(10-13-27(54)55)47-30(58)21(44-18(3)50)9-12-26(52)53)33(61)48-22(8-11-25(36)51)31(59)46-20(7-5-15-43-35(40)41)29(57)45-19(28(37)56)6-4-14-42-34(38)39/h17,19-24H,4-16H2,1-3H3,(H2,36,51)(H2,37,56)(H,44,50)(H,45,57)(H,46,59)(H,47,58)(H,48,61)(H,49,60)(H,52,53)(H,54,55)(H4,38,39,42)(H4,40,41,43)/t19-,20-,21-,22-,23-,24-/m0/s1. The Bertz CT molecular complexity index is 1610. The quantitative estimate of drug-likeness (QED) is 0.0176. The molecule has 8 amide bonds. The molecule has 0 saturated heterocycles. The van der Waals surface area contributed by atoms with E-state index in [0.29, 0.717) is 0 Å². The predicted octanol–water partition coefficient (Wildman–Crippen LogP) is -5.45. The van der Waals surface area contributed by atoms with Gasteiger partial charge in [-0.05, 0) is 57.3 Å². The molecule has 0 rings (SSSR count). The molecule has 0 spiro atoms. The van der Waals surface area contributed by atoms with Gasteiger partial charge in [-0.2, -0.15) is 0 Å². The minimum Gasteiger partial charge on any atom is -0.481 e. The zero-order valence-electron chi connectivity index (χ0n) is 34.6. The maximum atomic E-state index is 13.8. The topological polar surface area (TPSA) is 464 Å². The smallest absolute Gasteiger partial charge is 0.303 e. The van der Waals surface area contributed by atoms with Crippen LogP contribution in [0.5, 0.6) is 0 Å². The second-order valence-corrected chi connectivity index (χ2v) is 14.4. The molecule has 20 N–H and O–H groups in total. The summed E-state index contributed by atoms with van der Waals surface area (Å²) in [6.07, 6.45) is -2.61. The van der Waals surface area contributed by atoms with Gasteiger partial charge in [-0.3, -0.25) is 57.9 Å². The van der Waals surface area contributed by atoms with Crippen molar-refractivity contribution in [3.8, 4) is 0 Å². The summed E-state index contributed by atoms with van der Waals surface area (Å²) in [4.78, 5) is 134. The number of hydrogen-bond donors (Lipinski definition) is 14. The minimum atomic E-state index is -1.60. The van der Waals surface area contributed by atoms with Gasteiger partial charge in [-0.1, -0.05) is 13.8 Å². The molecule has 0 aromatic heterocycles. The van der Waals surface area contributed by atoms with E-state index in [9.17, 15) is 53.1 Å². The molecule has 0 fully saturated rings. The fourth-order valence-electron chi connectivity index (χ4n) is 5.50. The number of guanidine groups is 2. The molecule has 0 aliphatic heterocycles. The molecule has 26 heteroatoms. The highest BCUT2D eigenvalue weighted by Gasteiger charge is 2.34. The van der Waals surface area contributed by atoms with Crippen LogP contribution in [-0.2, 0) is 47.9 Å². The van der Waals surface area contributed by atoms with Gasteiger partial charge in [-0.15, -0.1) is 0 Å². The van der Waals surface area contributed by atoms with Crippen LogP contribution < -0.4 is 66.3 Å². The van der Waals surface area contributed by atoms with Gasteiger partial charge in [0.05, 0.1) is 0 Å². The van der Waals surface area contributed by atoms with E-state index in [4.69, 9.17) is 39.5 Å². The number of nitrogens with one attached hydrogen (secondary N) is 6. The van der Waals surface area contributed by atoms with E-state index < -0.39 is 121 Å². The molecular weight excluding hydrogens is 808 g/mol. The minimum absolute atomic E-state index is 0.0221. The van der Waals surface area contributed by atoms with Gasteiger partial charge in [0.25, 0.3) is 0 Å². The van der Waals surface area contributed by atoms with Gasteiger partial charge < -0.3 is 76.5 Å². The Labute approximate surface area is 351 Å². The predicted molar refractivity (Wildman–Crippen MR) is 218 cm³/mol. The lowest BCUT2D eigenvalue weighted by Crippen LogP contribution is -2.60. The number of nitrogens with zero attached hydrogens (tertiary/aromatic N) is 2. The van der Waals surface area contributed by atoms with Gasteiger partial charge in [0.15, 0.2) is 11.9 Å². The van der Waals surface area contributed by atoms with Crippen molar-refractivity contribution in [3.05, 3.63) is 0 Å². The number of nitrogens with two attached hydrogens (primary N) is 6. The fraction of sp³-hybridized carbons (Fsp3) is 0.657. The van der Waals surface area contributed by atoms with Gasteiger partial charge >= 0.3 is 11.9 Å². The van der Waals surface area contributed by atoms with E-state index in [1.54, 1.807) is 13.8 Å². The van der Waals surface area contributed by atoms with Gasteiger partial charge in [0, 0.05) is 39.3 Å². The van der Waals surface area contributed by atoms with Crippen LogP contribution in [0.2, 0.25) is 0 Å². The fourth-order valence-corrected chi connectivity index (χ4v) is 5.50. The second kappa shape index (κ2) is 28.6. The zero-order valence-corrected chi connectivity index (χ0v) is 34.6. The normalized spacial score (nSPS) is 13.6. The summed E-state index contributed by atoms with van der Waals surface area (Å²) in [5.41, 5.74) is 32.3. The van der Waals surface area contributed by atoms with Gasteiger partial charge in [0.2, 0.25) is 47.3 Å². The summed E-state index contributed by atoms with van der Waals surface area (Å²) in [5.74, 6) is -10.6. The highest BCUT2D eigenvalue weighted by atomic mass is 16.4. The lowest BCUT2D eigenvalue weighted by molar-refractivity contribution is -0.140. The zero-order chi connectivity index (χ0) is 46.8. The summed E-state index contributed by atoms with van der Waals surface area (Å²) in [5, 5.41) is 32.9. The molecule has 0 aliphatic rings. The van der Waals surface area contributed by atoms with Crippen molar-refractivity contribution < 1.29 is 58.2 Å². The Balaban J connectivity index is 6.54. The number of carboxylic acids is 2. The van der Waals surface area contributed by atoms with E-state index in [2.05, 4.69) is 41.9 Å². The molecule has 0 radical (unpaired) electrons. The van der Waals surface area contributed by atoms with E-state index in [1.165, 1.54) is 0 Å². The lowest BCUT2D eigenvalue weighted by atomic mass is 10.0. The number of carboxylic acid groups (broad SMARTS) is 2. The summed E-state index contributed by atoms with van der Waals surface area (Å²) >= 11 is 0. The van der Waals surface area contributed by atoms with Crippen LogP contribution in [0.3, 0.4) is 0 Å². The SMILES string of the molecule is CC(=O)N[C@@H](CCC(=O)O)C(=O)N[C@@H](CCC(=O)O)C(=O)N[C@@H](CC(C)C)C(=O)N[C@@H](CCC(N)=O)C(=O)N[C@@H](CCCN=C(N)N)C(=O)N[C@@H](CCCN=C(N)N)C(N)=O. The maximum absolute atomic E-state index is 13.8.